The van der Waals surface area contributed by atoms with Gasteiger partial charge >= 0.3 is 0 Å². The van der Waals surface area contributed by atoms with Gasteiger partial charge in [0.05, 0.1) is 10.6 Å². The van der Waals surface area contributed by atoms with Crippen LogP contribution in [0, 0.1) is 10.1 Å². The van der Waals surface area contributed by atoms with Crippen LogP contribution in [-0.4, -0.2) is 16.4 Å². The van der Waals surface area contributed by atoms with E-state index in [1.54, 1.807) is 12.1 Å². The number of hydrogen-bond acceptors (Lipinski definition) is 5. The van der Waals surface area contributed by atoms with Gasteiger partial charge in [0.25, 0.3) is 5.69 Å². The Morgan fingerprint density at radius 2 is 1.83 bits per heavy atom. The maximum atomic E-state index is 11.5. The van der Waals surface area contributed by atoms with Gasteiger partial charge in [-0.25, -0.2) is 0 Å². The number of benzene rings is 1. The van der Waals surface area contributed by atoms with Crippen LogP contribution >= 0.6 is 0 Å². The quantitative estimate of drug-likeness (QED) is 0.656. The van der Waals surface area contributed by atoms with Crippen molar-refractivity contribution in [2.75, 3.05) is 5.43 Å². The van der Waals surface area contributed by atoms with E-state index in [-0.39, 0.29) is 11.5 Å². The predicted octanol–water partition coefficient (Wildman–Crippen LogP) is 2.51. The third kappa shape index (κ3) is 2.91. The molecule has 0 aliphatic heterocycles. The first kappa shape index (κ1) is 12.2. The molecule has 0 amide bonds. The lowest BCUT2D eigenvalue weighted by molar-refractivity contribution is -0.384. The molecule has 94 valence electrons. The minimum atomic E-state index is -0.458. The van der Waals surface area contributed by atoms with Gasteiger partial charge in [-0.3, -0.25) is 20.3 Å². The van der Waals surface area contributed by atoms with Crippen LogP contribution in [0.4, 0.5) is 11.4 Å². The van der Waals surface area contributed by atoms with Crippen LogP contribution in [0.5, 0.6) is 0 Å². The summed E-state index contributed by atoms with van der Waals surface area (Å²) in [5, 5.41) is 14.5. The molecule has 1 N–H and O–H groups in total. The minimum Gasteiger partial charge on any atom is -0.293 e. The second-order valence-corrected chi connectivity index (χ2v) is 4.10. The zero-order chi connectivity index (χ0) is 13.0. The first-order valence-corrected chi connectivity index (χ1v) is 5.77. The molecule has 1 aromatic carbocycles. The van der Waals surface area contributed by atoms with Crippen LogP contribution < -0.4 is 5.43 Å². The fourth-order valence-electron chi connectivity index (χ4n) is 1.77. The average Bonchev–Trinajstić information content (AvgIpc) is 2.38. The normalized spacial score (nSPS) is 17.8. The molecule has 0 unspecified atom stereocenters. The van der Waals surface area contributed by atoms with E-state index in [1.165, 1.54) is 12.1 Å². The number of Topliss-reactive ketones (excluding diaryl/α,β-unsaturated/α-hetero) is 1. The number of carbonyl (C=O) groups is 1. The van der Waals surface area contributed by atoms with Crippen LogP contribution in [0.15, 0.2) is 29.4 Å². The zero-order valence-electron chi connectivity index (χ0n) is 9.76. The molecule has 0 radical (unpaired) electrons. The van der Waals surface area contributed by atoms with E-state index >= 15 is 0 Å². The highest BCUT2D eigenvalue weighted by atomic mass is 16.6. The summed E-state index contributed by atoms with van der Waals surface area (Å²) < 4.78 is 0. The third-order valence-corrected chi connectivity index (χ3v) is 2.79. The Labute approximate surface area is 104 Å². The second kappa shape index (κ2) is 5.39. The Bertz CT molecular complexity index is 494. The first-order chi connectivity index (χ1) is 8.66. The fraction of sp³-hybridized carbons (Fsp3) is 0.333. The summed E-state index contributed by atoms with van der Waals surface area (Å²) in [6.07, 6.45) is 3.15. The van der Waals surface area contributed by atoms with Gasteiger partial charge in [-0.1, -0.05) is 0 Å². The lowest BCUT2D eigenvalue weighted by Gasteiger charge is -2.11. The topological polar surface area (TPSA) is 84.6 Å². The van der Waals surface area contributed by atoms with Gasteiger partial charge in [0.2, 0.25) is 0 Å². The van der Waals surface area contributed by atoms with Gasteiger partial charge in [-0.15, -0.1) is 0 Å². The number of non-ortho nitro benzene ring substituents is 1. The number of hydrazone groups is 1. The number of nitro benzene ring substituents is 1. The standard InChI is InChI=1S/C12H13N3O3/c16-12-4-2-1-3-11(12)14-13-9-5-7-10(8-6-9)15(17)18/h5-8,13H,1-4H2. The molecule has 1 fully saturated rings. The molecule has 6 heteroatoms. The zero-order valence-corrected chi connectivity index (χ0v) is 9.76. The molecule has 1 saturated carbocycles. The Hall–Kier alpha value is -2.24. The smallest absolute Gasteiger partial charge is 0.269 e. The van der Waals surface area contributed by atoms with E-state index in [9.17, 15) is 14.9 Å². The predicted molar refractivity (Wildman–Crippen MR) is 67.6 cm³/mol. The Morgan fingerprint density at radius 3 is 2.44 bits per heavy atom. The van der Waals surface area contributed by atoms with E-state index < -0.39 is 4.92 Å². The van der Waals surface area contributed by atoms with Crippen molar-refractivity contribution in [3.05, 3.63) is 34.4 Å². The molecule has 0 saturated heterocycles. The molecule has 1 aromatic rings. The van der Waals surface area contributed by atoms with E-state index in [4.69, 9.17) is 0 Å². The SMILES string of the molecule is O=C1CCCCC1=NNc1ccc([N+](=O)[O-])cc1. The molecular weight excluding hydrogens is 234 g/mol. The Balaban J connectivity index is 2.03. The number of rotatable bonds is 3. The number of hydrogen-bond donors (Lipinski definition) is 1. The molecule has 2 rings (SSSR count). The van der Waals surface area contributed by atoms with Crippen LogP contribution in [0.1, 0.15) is 25.7 Å². The van der Waals surface area contributed by atoms with Crippen molar-refractivity contribution in [2.24, 2.45) is 5.10 Å². The molecule has 0 atom stereocenters. The van der Waals surface area contributed by atoms with Crippen molar-refractivity contribution in [1.29, 1.82) is 0 Å². The number of ketones is 1. The van der Waals surface area contributed by atoms with Crippen LogP contribution in [0.2, 0.25) is 0 Å². The summed E-state index contributed by atoms with van der Waals surface area (Å²) >= 11 is 0. The molecule has 6 nitrogen and oxygen atoms in total. The monoisotopic (exact) mass is 247 g/mol. The van der Waals surface area contributed by atoms with Crippen molar-refractivity contribution in [3.8, 4) is 0 Å². The summed E-state index contributed by atoms with van der Waals surface area (Å²) in [5.41, 5.74) is 3.97. The molecule has 0 heterocycles. The molecule has 0 aromatic heterocycles. The van der Waals surface area contributed by atoms with E-state index in [0.29, 0.717) is 24.2 Å². The molecular formula is C12H13N3O3. The van der Waals surface area contributed by atoms with Crippen LogP contribution in [-0.2, 0) is 4.79 Å². The summed E-state index contributed by atoms with van der Waals surface area (Å²) in [7, 11) is 0. The van der Waals surface area contributed by atoms with E-state index in [1.807, 2.05) is 0 Å². The van der Waals surface area contributed by atoms with Crippen LogP contribution in [0.3, 0.4) is 0 Å². The summed E-state index contributed by atoms with van der Waals surface area (Å²) in [5.74, 6) is 0.0793. The fourth-order valence-corrected chi connectivity index (χ4v) is 1.77. The summed E-state index contributed by atoms with van der Waals surface area (Å²) in [6, 6.07) is 5.92. The number of carbonyl (C=O) groups excluding carboxylic acids is 1. The maximum Gasteiger partial charge on any atom is 0.269 e. The number of anilines is 1. The van der Waals surface area contributed by atoms with Crippen molar-refractivity contribution >= 4 is 22.9 Å². The van der Waals surface area contributed by atoms with Crippen molar-refractivity contribution in [1.82, 2.24) is 0 Å². The Morgan fingerprint density at radius 1 is 1.17 bits per heavy atom. The van der Waals surface area contributed by atoms with Gasteiger partial charge in [-0.2, -0.15) is 5.10 Å². The largest absolute Gasteiger partial charge is 0.293 e. The maximum absolute atomic E-state index is 11.5. The lowest BCUT2D eigenvalue weighted by atomic mass is 9.97. The Kier molecular flexibility index (Phi) is 3.66. The van der Waals surface area contributed by atoms with Gasteiger partial charge in [0, 0.05) is 18.6 Å². The van der Waals surface area contributed by atoms with E-state index in [2.05, 4.69) is 10.5 Å². The highest BCUT2D eigenvalue weighted by molar-refractivity contribution is 6.40. The highest BCUT2D eigenvalue weighted by Crippen LogP contribution is 2.16. The van der Waals surface area contributed by atoms with Gasteiger partial charge in [-0.05, 0) is 31.4 Å². The third-order valence-electron chi connectivity index (χ3n) is 2.79. The summed E-state index contributed by atoms with van der Waals surface area (Å²) in [4.78, 5) is 21.5. The average molecular weight is 247 g/mol. The molecule has 0 spiro atoms. The van der Waals surface area contributed by atoms with Crippen LogP contribution in [0.25, 0.3) is 0 Å². The van der Waals surface area contributed by atoms with Gasteiger partial charge in [0.1, 0.15) is 5.71 Å². The van der Waals surface area contributed by atoms with Crippen molar-refractivity contribution < 1.29 is 9.72 Å². The molecule has 1 aliphatic rings. The number of nitrogens with one attached hydrogen (secondary N) is 1. The minimum absolute atomic E-state index is 0.0296. The first-order valence-electron chi connectivity index (χ1n) is 5.77. The van der Waals surface area contributed by atoms with E-state index in [0.717, 1.165) is 12.8 Å². The molecule has 1 aliphatic carbocycles. The summed E-state index contributed by atoms with van der Waals surface area (Å²) in [6.45, 7) is 0. The number of nitro groups is 1. The number of nitrogens with zero attached hydrogens (tertiary/aromatic N) is 2. The van der Waals surface area contributed by atoms with Gasteiger partial charge in [0.15, 0.2) is 5.78 Å². The molecule has 0 bridgehead atoms. The lowest BCUT2D eigenvalue weighted by Crippen LogP contribution is -2.19. The van der Waals surface area contributed by atoms with Crippen molar-refractivity contribution in [2.45, 2.75) is 25.7 Å². The molecule has 18 heavy (non-hydrogen) atoms. The van der Waals surface area contributed by atoms with Crippen molar-refractivity contribution in [3.63, 3.8) is 0 Å². The highest BCUT2D eigenvalue weighted by Gasteiger charge is 2.16. The van der Waals surface area contributed by atoms with Gasteiger partial charge < -0.3 is 0 Å². The second-order valence-electron chi connectivity index (χ2n) is 4.10.